The van der Waals surface area contributed by atoms with E-state index in [0.29, 0.717) is 0 Å². The molecule has 0 radical (unpaired) electrons. The quantitative estimate of drug-likeness (QED) is 0.155. The highest BCUT2D eigenvalue weighted by Crippen LogP contribution is 2.37. The number of anilines is 2. The SMILES string of the molecule is CCCCCCc1c(N)c(CCCCCC)c(CCCCCC)c(N)c1CCCCCC. The van der Waals surface area contributed by atoms with Crippen molar-refractivity contribution in [3.63, 3.8) is 0 Å². The second-order valence-electron chi connectivity index (χ2n) is 9.98. The van der Waals surface area contributed by atoms with Crippen LogP contribution in [0.1, 0.15) is 153 Å². The number of benzene rings is 1. The Morgan fingerprint density at radius 3 is 0.750 bits per heavy atom. The van der Waals surface area contributed by atoms with Gasteiger partial charge in [-0.1, -0.05) is 105 Å². The third-order valence-corrected chi connectivity index (χ3v) is 7.15. The second kappa shape index (κ2) is 18.3. The highest BCUT2D eigenvalue weighted by molar-refractivity contribution is 5.71. The summed E-state index contributed by atoms with van der Waals surface area (Å²) in [6, 6.07) is 0. The van der Waals surface area contributed by atoms with E-state index in [2.05, 4.69) is 27.7 Å². The molecular formula is C30H56N2. The van der Waals surface area contributed by atoms with Gasteiger partial charge in [0.25, 0.3) is 0 Å². The zero-order valence-corrected chi connectivity index (χ0v) is 22.3. The Balaban J connectivity index is 3.23. The first kappa shape index (κ1) is 28.9. The molecule has 0 aliphatic carbocycles. The highest BCUT2D eigenvalue weighted by atomic mass is 14.6. The summed E-state index contributed by atoms with van der Waals surface area (Å²) >= 11 is 0. The van der Waals surface area contributed by atoms with Crippen LogP contribution in [0, 0.1) is 0 Å². The van der Waals surface area contributed by atoms with E-state index >= 15 is 0 Å². The van der Waals surface area contributed by atoms with Crippen LogP contribution in [0.4, 0.5) is 11.4 Å². The maximum absolute atomic E-state index is 6.99. The Morgan fingerprint density at radius 1 is 0.344 bits per heavy atom. The Kier molecular flexibility index (Phi) is 16.5. The van der Waals surface area contributed by atoms with Gasteiger partial charge in [-0.15, -0.1) is 0 Å². The van der Waals surface area contributed by atoms with Crippen LogP contribution in [0.2, 0.25) is 0 Å². The molecule has 2 heteroatoms. The van der Waals surface area contributed by atoms with Crippen molar-refractivity contribution in [2.45, 2.75) is 156 Å². The van der Waals surface area contributed by atoms with Crippen molar-refractivity contribution >= 4 is 11.4 Å². The summed E-state index contributed by atoms with van der Waals surface area (Å²) in [6.07, 6.45) is 25.0. The van der Waals surface area contributed by atoms with Gasteiger partial charge in [0.2, 0.25) is 0 Å². The molecule has 1 aromatic carbocycles. The molecule has 186 valence electrons. The largest absolute Gasteiger partial charge is 0.398 e. The van der Waals surface area contributed by atoms with Crippen LogP contribution < -0.4 is 11.5 Å². The van der Waals surface area contributed by atoms with Gasteiger partial charge in [-0.2, -0.15) is 0 Å². The third-order valence-electron chi connectivity index (χ3n) is 7.15. The van der Waals surface area contributed by atoms with Gasteiger partial charge < -0.3 is 11.5 Å². The predicted molar refractivity (Wildman–Crippen MR) is 147 cm³/mol. The van der Waals surface area contributed by atoms with Crippen LogP contribution in [0.15, 0.2) is 0 Å². The minimum absolute atomic E-state index is 1.11. The topological polar surface area (TPSA) is 52.0 Å². The minimum Gasteiger partial charge on any atom is -0.398 e. The van der Waals surface area contributed by atoms with Crippen molar-refractivity contribution < 1.29 is 0 Å². The van der Waals surface area contributed by atoms with E-state index in [4.69, 9.17) is 11.5 Å². The van der Waals surface area contributed by atoms with Crippen molar-refractivity contribution in [3.05, 3.63) is 22.3 Å². The molecule has 0 fully saturated rings. The smallest absolute Gasteiger partial charge is 0.0386 e. The van der Waals surface area contributed by atoms with E-state index in [9.17, 15) is 0 Å². The Bertz CT molecular complexity index is 503. The Labute approximate surface area is 201 Å². The summed E-state index contributed by atoms with van der Waals surface area (Å²) in [6.45, 7) is 9.14. The van der Waals surface area contributed by atoms with E-state index in [1.807, 2.05) is 0 Å². The number of unbranched alkanes of at least 4 members (excludes halogenated alkanes) is 12. The predicted octanol–water partition coefficient (Wildman–Crippen LogP) is 9.34. The van der Waals surface area contributed by atoms with Crippen LogP contribution in [0.3, 0.4) is 0 Å². The van der Waals surface area contributed by atoms with Gasteiger partial charge >= 0.3 is 0 Å². The average Bonchev–Trinajstić information content (AvgIpc) is 2.79. The number of nitrogen functional groups attached to an aromatic ring is 2. The molecule has 0 saturated carbocycles. The van der Waals surface area contributed by atoms with Crippen molar-refractivity contribution in [3.8, 4) is 0 Å². The first-order valence-corrected chi connectivity index (χ1v) is 14.3. The van der Waals surface area contributed by atoms with Crippen molar-refractivity contribution in [1.82, 2.24) is 0 Å². The van der Waals surface area contributed by atoms with Crippen molar-refractivity contribution in [2.24, 2.45) is 0 Å². The Hall–Kier alpha value is -1.18. The summed E-state index contributed by atoms with van der Waals surface area (Å²) in [5.74, 6) is 0. The lowest BCUT2D eigenvalue weighted by Crippen LogP contribution is -2.13. The number of hydrogen-bond donors (Lipinski definition) is 2. The first-order valence-electron chi connectivity index (χ1n) is 14.3. The molecule has 0 spiro atoms. The van der Waals surface area contributed by atoms with Crippen molar-refractivity contribution in [1.29, 1.82) is 0 Å². The normalized spacial score (nSPS) is 11.4. The molecular weight excluding hydrogens is 388 g/mol. The maximum atomic E-state index is 6.99. The van der Waals surface area contributed by atoms with Crippen LogP contribution in [-0.2, 0) is 25.7 Å². The van der Waals surface area contributed by atoms with Gasteiger partial charge in [0, 0.05) is 11.4 Å². The molecule has 2 nitrogen and oxygen atoms in total. The summed E-state index contributed by atoms with van der Waals surface area (Å²) in [5.41, 5.74) is 21.9. The van der Waals surface area contributed by atoms with Crippen LogP contribution >= 0.6 is 0 Å². The lowest BCUT2D eigenvalue weighted by Gasteiger charge is -2.24. The first-order chi connectivity index (χ1) is 15.6. The molecule has 0 saturated heterocycles. The van der Waals surface area contributed by atoms with Gasteiger partial charge in [-0.3, -0.25) is 0 Å². The highest BCUT2D eigenvalue weighted by Gasteiger charge is 2.20. The molecule has 32 heavy (non-hydrogen) atoms. The van der Waals surface area contributed by atoms with E-state index in [-0.39, 0.29) is 0 Å². The molecule has 4 N–H and O–H groups in total. The molecule has 0 heterocycles. The summed E-state index contributed by atoms with van der Waals surface area (Å²) in [5, 5.41) is 0. The van der Waals surface area contributed by atoms with Gasteiger partial charge in [0.05, 0.1) is 0 Å². The van der Waals surface area contributed by atoms with E-state index in [1.165, 1.54) is 125 Å². The molecule has 0 aliphatic rings. The van der Waals surface area contributed by atoms with E-state index < -0.39 is 0 Å². The fourth-order valence-electron chi connectivity index (χ4n) is 5.07. The number of nitrogens with two attached hydrogens (primary N) is 2. The van der Waals surface area contributed by atoms with Crippen LogP contribution in [0.25, 0.3) is 0 Å². The average molecular weight is 445 g/mol. The zero-order valence-electron chi connectivity index (χ0n) is 22.3. The molecule has 0 aromatic heterocycles. The Morgan fingerprint density at radius 2 is 0.562 bits per heavy atom. The summed E-state index contributed by atoms with van der Waals surface area (Å²) in [4.78, 5) is 0. The van der Waals surface area contributed by atoms with Crippen molar-refractivity contribution in [2.75, 3.05) is 11.5 Å². The van der Waals surface area contributed by atoms with Gasteiger partial charge in [-0.25, -0.2) is 0 Å². The fraction of sp³-hybridized carbons (Fsp3) is 0.800. The van der Waals surface area contributed by atoms with Gasteiger partial charge in [-0.05, 0) is 73.6 Å². The molecule has 1 aromatic rings. The lowest BCUT2D eigenvalue weighted by atomic mass is 9.84. The van der Waals surface area contributed by atoms with Gasteiger partial charge in [0.15, 0.2) is 0 Å². The molecule has 1 rings (SSSR count). The lowest BCUT2D eigenvalue weighted by molar-refractivity contribution is 0.642. The molecule has 0 atom stereocenters. The number of rotatable bonds is 20. The summed E-state index contributed by atoms with van der Waals surface area (Å²) in [7, 11) is 0. The monoisotopic (exact) mass is 444 g/mol. The second-order valence-corrected chi connectivity index (χ2v) is 9.98. The molecule has 0 aliphatic heterocycles. The van der Waals surface area contributed by atoms with Crippen LogP contribution in [-0.4, -0.2) is 0 Å². The van der Waals surface area contributed by atoms with Crippen LogP contribution in [0.5, 0.6) is 0 Å². The fourth-order valence-corrected chi connectivity index (χ4v) is 5.07. The molecule has 0 bridgehead atoms. The third kappa shape index (κ3) is 10.2. The summed E-state index contributed by atoms with van der Waals surface area (Å²) < 4.78 is 0. The number of hydrogen-bond acceptors (Lipinski definition) is 2. The zero-order chi connectivity index (χ0) is 23.6. The van der Waals surface area contributed by atoms with Gasteiger partial charge in [0.1, 0.15) is 0 Å². The van der Waals surface area contributed by atoms with E-state index in [0.717, 1.165) is 37.1 Å². The molecule has 0 amide bonds. The minimum atomic E-state index is 1.11. The van der Waals surface area contributed by atoms with E-state index in [1.54, 1.807) is 0 Å². The molecule has 0 unspecified atom stereocenters. The maximum Gasteiger partial charge on any atom is 0.0386 e. The standard InChI is InChI=1S/C30H56N2/c1-5-9-13-17-21-25-26(22-18-14-10-6-2)30(32)28(24-20-16-12-8-4)27(29(25)31)23-19-15-11-7-3/h5-24,31-32H2,1-4H3.